The van der Waals surface area contributed by atoms with E-state index in [-0.39, 0.29) is 0 Å². The maximum absolute atomic E-state index is 16.4. The molecule has 0 aliphatic heterocycles. The minimum absolute atomic E-state index is 0.849. The van der Waals surface area contributed by atoms with E-state index in [9.17, 15) is 0 Å². The molecule has 0 aliphatic rings. The summed E-state index contributed by atoms with van der Waals surface area (Å²) in [6.07, 6.45) is 0. The van der Waals surface area contributed by atoms with Gasteiger partial charge in [0.2, 0.25) is 0 Å². The Kier molecular flexibility index (Phi) is 6.15. The quantitative estimate of drug-likeness (QED) is 0.157. The van der Waals surface area contributed by atoms with Gasteiger partial charge in [0.25, 0.3) is 0 Å². The Morgan fingerprint density at radius 3 is 1.66 bits per heavy atom. The molecule has 7 rings (SSSR count). The topological polar surface area (TPSA) is 29.4 Å². The van der Waals surface area contributed by atoms with Crippen LogP contribution in [0.2, 0.25) is 0 Å². The van der Waals surface area contributed by atoms with Crippen LogP contribution >= 0.6 is 7.14 Å². The summed E-state index contributed by atoms with van der Waals surface area (Å²) >= 11 is 0. The molecule has 0 N–H and O–H groups in total. The van der Waals surface area contributed by atoms with Crippen LogP contribution in [0.1, 0.15) is 5.56 Å². The van der Waals surface area contributed by atoms with Crippen molar-refractivity contribution < 1.29 is 4.57 Å². The highest BCUT2D eigenvalue weighted by Gasteiger charge is 2.35. The minimum atomic E-state index is -3.42. The standard InChI is InChI=1S/C38H28NOP/c1-26-25-30(23-24-34(26)39-2)33-19-7-15-29-16-10-22-37(38(29)33)41(40,35-20-8-13-27-11-3-5-17-31(27)35)36-21-9-14-28-12-4-6-18-32(28)36/h3-25H,2H2,1H3. The largest absolute Gasteiger partial charge is 0.309 e. The second-order valence-corrected chi connectivity index (χ2v) is 13.1. The van der Waals surface area contributed by atoms with Crippen LogP contribution in [0.3, 0.4) is 0 Å². The molecule has 7 aromatic rings. The first kappa shape index (κ1) is 25.2. The number of aryl methyl sites for hydroxylation is 1. The molecule has 0 saturated carbocycles. The lowest BCUT2D eigenvalue weighted by Gasteiger charge is -2.25. The smallest absolute Gasteiger partial charge is 0.172 e. The lowest BCUT2D eigenvalue weighted by atomic mass is 9.96. The van der Waals surface area contributed by atoms with Crippen LogP contribution in [-0.2, 0) is 4.57 Å². The fourth-order valence-corrected chi connectivity index (χ4v) is 9.50. The average molecular weight is 546 g/mol. The van der Waals surface area contributed by atoms with E-state index < -0.39 is 7.14 Å². The molecule has 0 fully saturated rings. The van der Waals surface area contributed by atoms with Crippen molar-refractivity contribution in [3.05, 3.63) is 145 Å². The molecule has 0 heterocycles. The van der Waals surface area contributed by atoms with E-state index >= 15 is 4.57 Å². The second-order valence-electron chi connectivity index (χ2n) is 10.4. The molecule has 0 amide bonds. The number of aliphatic imine (C=N–C) groups is 1. The zero-order valence-electron chi connectivity index (χ0n) is 22.8. The lowest BCUT2D eigenvalue weighted by molar-refractivity contribution is 0.593. The van der Waals surface area contributed by atoms with E-state index in [0.29, 0.717) is 0 Å². The zero-order valence-corrected chi connectivity index (χ0v) is 23.7. The molecule has 0 aliphatic carbocycles. The summed E-state index contributed by atoms with van der Waals surface area (Å²) in [5, 5.41) is 8.82. The van der Waals surface area contributed by atoms with Crippen LogP contribution in [0.25, 0.3) is 43.4 Å². The Balaban J connectivity index is 1.65. The van der Waals surface area contributed by atoms with Crippen LogP contribution in [-0.4, -0.2) is 6.72 Å². The van der Waals surface area contributed by atoms with E-state index in [1.54, 1.807) is 0 Å². The number of benzene rings is 7. The predicted octanol–water partition coefficient (Wildman–Crippen LogP) is 9.09. The van der Waals surface area contributed by atoms with Crippen molar-refractivity contribution in [1.29, 1.82) is 0 Å². The fraction of sp³-hybridized carbons (Fsp3) is 0.0263. The molecule has 196 valence electrons. The van der Waals surface area contributed by atoms with Gasteiger partial charge in [-0.2, -0.15) is 0 Å². The van der Waals surface area contributed by atoms with Crippen molar-refractivity contribution in [2.24, 2.45) is 4.99 Å². The lowest BCUT2D eigenvalue weighted by Crippen LogP contribution is -2.27. The molecule has 7 aromatic carbocycles. The van der Waals surface area contributed by atoms with Crippen molar-refractivity contribution >= 4 is 67.8 Å². The molecule has 0 aromatic heterocycles. The molecule has 0 unspecified atom stereocenters. The Hall–Kier alpha value is -4.78. The predicted molar refractivity (Wildman–Crippen MR) is 178 cm³/mol. The van der Waals surface area contributed by atoms with Crippen molar-refractivity contribution in [2.45, 2.75) is 6.92 Å². The molecular formula is C38H28NOP. The molecule has 0 atom stereocenters. The van der Waals surface area contributed by atoms with Gasteiger partial charge in [-0.05, 0) is 69.4 Å². The Morgan fingerprint density at radius 1 is 0.561 bits per heavy atom. The first-order chi connectivity index (χ1) is 20.1. The second kappa shape index (κ2) is 10.0. The van der Waals surface area contributed by atoms with Crippen molar-refractivity contribution in [3.63, 3.8) is 0 Å². The Morgan fingerprint density at radius 2 is 1.07 bits per heavy atom. The Labute approximate surface area is 240 Å². The highest BCUT2D eigenvalue weighted by atomic mass is 31.2. The Bertz CT molecular complexity index is 2080. The fourth-order valence-electron chi connectivity index (χ4n) is 6.18. The van der Waals surface area contributed by atoms with Crippen molar-refractivity contribution in [1.82, 2.24) is 0 Å². The van der Waals surface area contributed by atoms with Gasteiger partial charge >= 0.3 is 0 Å². The summed E-state index contributed by atoms with van der Waals surface area (Å²) in [6, 6.07) is 47.7. The van der Waals surface area contributed by atoms with Crippen LogP contribution in [0.4, 0.5) is 5.69 Å². The summed E-state index contributed by atoms with van der Waals surface area (Å²) < 4.78 is 16.4. The maximum atomic E-state index is 16.4. The number of fused-ring (bicyclic) bond motifs is 3. The van der Waals surface area contributed by atoms with Crippen LogP contribution < -0.4 is 15.9 Å². The average Bonchev–Trinajstić information content (AvgIpc) is 3.03. The summed E-state index contributed by atoms with van der Waals surface area (Å²) in [5.41, 5.74) is 4.04. The van der Waals surface area contributed by atoms with Crippen molar-refractivity contribution in [2.75, 3.05) is 0 Å². The van der Waals surface area contributed by atoms with E-state index in [1.165, 1.54) is 0 Å². The number of rotatable bonds is 5. The first-order valence-corrected chi connectivity index (χ1v) is 15.5. The third-order valence-corrected chi connectivity index (χ3v) is 11.3. The van der Waals surface area contributed by atoms with Gasteiger partial charge in [0, 0.05) is 21.3 Å². The van der Waals surface area contributed by atoms with E-state index in [4.69, 9.17) is 0 Å². The summed E-state index contributed by atoms with van der Waals surface area (Å²) in [6.45, 7) is 5.77. The van der Waals surface area contributed by atoms with Gasteiger partial charge in [-0.25, -0.2) is 0 Å². The van der Waals surface area contributed by atoms with Gasteiger partial charge in [0.05, 0.1) is 5.69 Å². The van der Waals surface area contributed by atoms with Crippen molar-refractivity contribution in [3.8, 4) is 11.1 Å². The maximum Gasteiger partial charge on any atom is 0.172 e. The van der Waals surface area contributed by atoms with Gasteiger partial charge < -0.3 is 4.57 Å². The molecule has 41 heavy (non-hydrogen) atoms. The molecule has 3 heteroatoms. The van der Waals surface area contributed by atoms with Gasteiger partial charge in [-0.1, -0.05) is 127 Å². The van der Waals surface area contributed by atoms with E-state index in [0.717, 1.165) is 70.6 Å². The molecule has 2 nitrogen and oxygen atoms in total. The molecule has 0 saturated heterocycles. The van der Waals surface area contributed by atoms with Crippen LogP contribution in [0.15, 0.2) is 145 Å². The van der Waals surface area contributed by atoms with Gasteiger partial charge in [-0.3, -0.25) is 4.99 Å². The highest BCUT2D eigenvalue weighted by molar-refractivity contribution is 7.86. The number of hydrogen-bond donors (Lipinski definition) is 0. The normalized spacial score (nSPS) is 11.7. The summed E-state index contributed by atoms with van der Waals surface area (Å²) in [4.78, 5) is 4.17. The SMILES string of the molecule is C=Nc1ccc(-c2cccc3cccc(P(=O)(c4cccc5ccccc45)c4cccc5ccccc45)c23)cc1C. The third kappa shape index (κ3) is 4.03. The zero-order chi connectivity index (χ0) is 28.0. The first-order valence-electron chi connectivity index (χ1n) is 13.8. The van der Waals surface area contributed by atoms with E-state index in [2.05, 4.69) is 110 Å². The van der Waals surface area contributed by atoms with Gasteiger partial charge in [-0.15, -0.1) is 0 Å². The highest BCUT2D eigenvalue weighted by Crippen LogP contribution is 2.49. The molecule has 0 radical (unpaired) electrons. The van der Waals surface area contributed by atoms with E-state index in [1.807, 2.05) is 48.5 Å². The summed E-state index contributed by atoms with van der Waals surface area (Å²) in [7, 11) is -3.42. The van der Waals surface area contributed by atoms with Gasteiger partial charge in [0.1, 0.15) is 0 Å². The molecule has 0 bridgehead atoms. The van der Waals surface area contributed by atoms with Gasteiger partial charge in [0.15, 0.2) is 7.14 Å². The molecular weight excluding hydrogens is 517 g/mol. The molecule has 0 spiro atoms. The number of nitrogens with zero attached hydrogens (tertiary/aromatic N) is 1. The van der Waals surface area contributed by atoms with Crippen LogP contribution in [0, 0.1) is 6.92 Å². The van der Waals surface area contributed by atoms with Crippen LogP contribution in [0.5, 0.6) is 0 Å². The number of hydrogen-bond acceptors (Lipinski definition) is 2. The minimum Gasteiger partial charge on any atom is -0.309 e. The third-order valence-electron chi connectivity index (χ3n) is 8.11. The summed E-state index contributed by atoms with van der Waals surface area (Å²) in [5.74, 6) is 0. The monoisotopic (exact) mass is 545 g/mol.